The van der Waals surface area contributed by atoms with Gasteiger partial charge in [0.15, 0.2) is 0 Å². The zero-order chi connectivity index (χ0) is 15.5. The summed E-state index contributed by atoms with van der Waals surface area (Å²) in [7, 11) is 0. The van der Waals surface area contributed by atoms with Crippen LogP contribution in [0.3, 0.4) is 0 Å². The Hall–Kier alpha value is -2.13. The zero-order valence-electron chi connectivity index (χ0n) is 12.5. The predicted molar refractivity (Wildman–Crippen MR) is 83.7 cm³/mol. The second-order valence-electron chi connectivity index (χ2n) is 6.16. The van der Waals surface area contributed by atoms with Crippen molar-refractivity contribution in [2.45, 2.75) is 44.2 Å². The van der Waals surface area contributed by atoms with Gasteiger partial charge in [0.2, 0.25) is 0 Å². The van der Waals surface area contributed by atoms with Gasteiger partial charge in [0.25, 0.3) is 5.69 Å². The largest absolute Gasteiger partial charge is 0.375 e. The fraction of sp³-hybridized carbons (Fsp3) is 0.562. The van der Waals surface area contributed by atoms with Gasteiger partial charge in [-0.05, 0) is 31.4 Å². The molecular weight excluding hydrogens is 280 g/mol. The van der Waals surface area contributed by atoms with E-state index in [1.54, 1.807) is 12.1 Å². The van der Waals surface area contributed by atoms with Crippen molar-refractivity contribution in [1.29, 1.82) is 5.26 Å². The minimum Gasteiger partial charge on any atom is -0.375 e. The highest BCUT2D eigenvalue weighted by atomic mass is 16.6. The second-order valence-corrected chi connectivity index (χ2v) is 6.16. The van der Waals surface area contributed by atoms with Crippen LogP contribution in [0.5, 0.6) is 0 Å². The summed E-state index contributed by atoms with van der Waals surface area (Å²) in [6.45, 7) is 2.01. The van der Waals surface area contributed by atoms with Crippen molar-refractivity contribution >= 4 is 11.4 Å². The van der Waals surface area contributed by atoms with Gasteiger partial charge in [0.1, 0.15) is 5.69 Å². The molecule has 1 saturated carbocycles. The Balaban J connectivity index is 1.68. The summed E-state index contributed by atoms with van der Waals surface area (Å²) in [5.41, 5.74) is 0.817. The topological polar surface area (TPSA) is 82.2 Å². The highest BCUT2D eigenvalue weighted by Crippen LogP contribution is 2.30. The number of nitriles is 1. The van der Waals surface area contributed by atoms with Crippen LogP contribution in [0.1, 0.15) is 37.7 Å². The van der Waals surface area contributed by atoms with Gasteiger partial charge in [-0.3, -0.25) is 15.0 Å². The van der Waals surface area contributed by atoms with Crippen LogP contribution in [-0.2, 0) is 0 Å². The lowest BCUT2D eigenvalue weighted by molar-refractivity contribution is -0.384. The fourth-order valence-electron chi connectivity index (χ4n) is 3.60. The minimum atomic E-state index is -0.424. The standard InChI is InChI=1S/C16H20N4O2/c17-10-12-5-6-15(16(9-12)20(21)22)18-13-7-8-19(11-13)14-3-1-2-4-14/h5-6,9,13-14,18H,1-4,7-8,11H2. The highest BCUT2D eigenvalue weighted by Gasteiger charge is 2.30. The monoisotopic (exact) mass is 300 g/mol. The third kappa shape index (κ3) is 3.04. The van der Waals surface area contributed by atoms with Crippen LogP contribution in [0.25, 0.3) is 0 Å². The first-order valence-electron chi connectivity index (χ1n) is 7.86. The minimum absolute atomic E-state index is 0.0154. The molecule has 0 aromatic heterocycles. The Bertz CT molecular complexity index is 605. The van der Waals surface area contributed by atoms with Crippen LogP contribution >= 0.6 is 0 Å². The third-order valence-electron chi connectivity index (χ3n) is 4.74. The molecule has 1 aliphatic heterocycles. The molecule has 22 heavy (non-hydrogen) atoms. The predicted octanol–water partition coefficient (Wildman–Crippen LogP) is 2.90. The Kier molecular flexibility index (Phi) is 4.25. The molecule has 1 unspecified atom stereocenters. The molecule has 1 atom stereocenters. The molecule has 1 aliphatic carbocycles. The summed E-state index contributed by atoms with van der Waals surface area (Å²) in [6, 6.07) is 7.50. The van der Waals surface area contributed by atoms with E-state index in [0.717, 1.165) is 19.5 Å². The van der Waals surface area contributed by atoms with Gasteiger partial charge in [0.05, 0.1) is 16.6 Å². The summed E-state index contributed by atoms with van der Waals surface area (Å²) < 4.78 is 0. The Morgan fingerprint density at radius 1 is 1.32 bits per heavy atom. The van der Waals surface area contributed by atoms with E-state index in [2.05, 4.69) is 10.2 Å². The van der Waals surface area contributed by atoms with Crippen molar-refractivity contribution in [2.75, 3.05) is 18.4 Å². The Morgan fingerprint density at radius 3 is 2.77 bits per heavy atom. The van der Waals surface area contributed by atoms with E-state index in [9.17, 15) is 10.1 Å². The van der Waals surface area contributed by atoms with Gasteiger partial charge in [0, 0.05) is 31.2 Å². The molecule has 1 aromatic rings. The number of benzene rings is 1. The van der Waals surface area contributed by atoms with Gasteiger partial charge in [-0.1, -0.05) is 12.8 Å². The van der Waals surface area contributed by atoms with Crippen LogP contribution < -0.4 is 5.32 Å². The van der Waals surface area contributed by atoms with Crippen LogP contribution in [0, 0.1) is 21.4 Å². The first-order chi connectivity index (χ1) is 10.7. The van der Waals surface area contributed by atoms with Crippen molar-refractivity contribution in [2.24, 2.45) is 0 Å². The molecule has 0 radical (unpaired) electrons. The number of rotatable bonds is 4. The van der Waals surface area contributed by atoms with E-state index in [-0.39, 0.29) is 11.7 Å². The van der Waals surface area contributed by atoms with Crippen LogP contribution in [0.2, 0.25) is 0 Å². The maximum absolute atomic E-state index is 11.2. The van der Waals surface area contributed by atoms with E-state index < -0.39 is 4.92 Å². The van der Waals surface area contributed by atoms with Crippen molar-refractivity contribution in [1.82, 2.24) is 4.90 Å². The first-order valence-corrected chi connectivity index (χ1v) is 7.86. The van der Waals surface area contributed by atoms with Crippen LogP contribution in [0.15, 0.2) is 18.2 Å². The van der Waals surface area contributed by atoms with E-state index in [1.165, 1.54) is 31.7 Å². The number of nitrogens with zero attached hydrogens (tertiary/aromatic N) is 3. The molecule has 0 spiro atoms. The number of hydrogen-bond donors (Lipinski definition) is 1. The molecule has 1 heterocycles. The smallest absolute Gasteiger partial charge is 0.293 e. The second kappa shape index (κ2) is 6.32. The van der Waals surface area contributed by atoms with Crippen molar-refractivity contribution in [3.63, 3.8) is 0 Å². The maximum atomic E-state index is 11.2. The molecule has 1 N–H and O–H groups in total. The number of nitrogens with one attached hydrogen (secondary N) is 1. The zero-order valence-corrected chi connectivity index (χ0v) is 12.5. The summed E-state index contributed by atoms with van der Waals surface area (Å²) in [4.78, 5) is 13.3. The SMILES string of the molecule is N#Cc1ccc(NC2CCN(C3CCCC3)C2)c([N+](=O)[O-])c1. The van der Waals surface area contributed by atoms with Crippen LogP contribution in [0.4, 0.5) is 11.4 Å². The summed E-state index contributed by atoms with van der Waals surface area (Å²) >= 11 is 0. The van der Waals surface area contributed by atoms with E-state index in [1.807, 2.05) is 6.07 Å². The molecule has 6 nitrogen and oxygen atoms in total. The summed E-state index contributed by atoms with van der Waals surface area (Å²) in [5.74, 6) is 0. The highest BCUT2D eigenvalue weighted by molar-refractivity contribution is 5.64. The number of nitro groups is 1. The van der Waals surface area contributed by atoms with E-state index in [4.69, 9.17) is 5.26 Å². The van der Waals surface area contributed by atoms with Gasteiger partial charge in [-0.15, -0.1) is 0 Å². The molecule has 1 saturated heterocycles. The Morgan fingerprint density at radius 2 is 2.09 bits per heavy atom. The van der Waals surface area contributed by atoms with Crippen molar-refractivity contribution in [3.8, 4) is 6.07 Å². The molecule has 2 fully saturated rings. The van der Waals surface area contributed by atoms with Crippen molar-refractivity contribution < 1.29 is 4.92 Å². The summed E-state index contributed by atoms with van der Waals surface area (Å²) in [6.07, 6.45) is 6.21. The van der Waals surface area contributed by atoms with Crippen molar-refractivity contribution in [3.05, 3.63) is 33.9 Å². The number of anilines is 1. The lowest BCUT2D eigenvalue weighted by Gasteiger charge is -2.23. The Labute approximate surface area is 129 Å². The number of nitro benzene ring substituents is 1. The van der Waals surface area contributed by atoms with E-state index >= 15 is 0 Å². The lowest BCUT2D eigenvalue weighted by atomic mass is 10.1. The first kappa shape index (κ1) is 14.8. The van der Waals surface area contributed by atoms with Gasteiger partial charge in [-0.25, -0.2) is 0 Å². The van der Waals surface area contributed by atoms with Crippen LogP contribution in [-0.4, -0.2) is 35.0 Å². The average Bonchev–Trinajstić information content (AvgIpc) is 3.18. The molecule has 0 bridgehead atoms. The maximum Gasteiger partial charge on any atom is 0.293 e. The molecule has 1 aromatic carbocycles. The quantitative estimate of drug-likeness (QED) is 0.683. The molecular formula is C16H20N4O2. The summed E-state index contributed by atoms with van der Waals surface area (Å²) in [5, 5.41) is 23.4. The van der Waals surface area contributed by atoms with E-state index in [0.29, 0.717) is 17.3 Å². The van der Waals surface area contributed by atoms with Gasteiger partial charge < -0.3 is 5.32 Å². The lowest BCUT2D eigenvalue weighted by Crippen LogP contribution is -2.33. The normalized spacial score (nSPS) is 22.6. The number of hydrogen-bond acceptors (Lipinski definition) is 5. The average molecular weight is 300 g/mol. The fourth-order valence-corrected chi connectivity index (χ4v) is 3.60. The molecule has 3 rings (SSSR count). The molecule has 116 valence electrons. The molecule has 6 heteroatoms. The van der Waals surface area contributed by atoms with Gasteiger partial charge >= 0.3 is 0 Å². The van der Waals surface area contributed by atoms with Gasteiger partial charge in [-0.2, -0.15) is 5.26 Å². The third-order valence-corrected chi connectivity index (χ3v) is 4.74. The molecule has 2 aliphatic rings. The molecule has 0 amide bonds. The number of likely N-dealkylation sites (tertiary alicyclic amines) is 1.